The molecule has 0 amide bonds. The van der Waals surface area contributed by atoms with Crippen molar-refractivity contribution in [3.05, 3.63) is 5.82 Å². The van der Waals surface area contributed by atoms with Crippen molar-refractivity contribution < 1.29 is 5.11 Å². The van der Waals surface area contributed by atoms with Gasteiger partial charge in [-0.3, -0.25) is 0 Å². The van der Waals surface area contributed by atoms with Crippen LogP contribution in [0.25, 0.3) is 0 Å². The Morgan fingerprint density at radius 2 is 2.20 bits per heavy atom. The second-order valence-electron chi connectivity index (χ2n) is 5.04. The van der Waals surface area contributed by atoms with Crippen LogP contribution < -0.4 is 4.90 Å². The first kappa shape index (κ1) is 10.8. The first-order valence-electron chi connectivity index (χ1n) is 5.24. The maximum atomic E-state index is 9.44. The number of anilines is 1. The standard InChI is InChI=1S/C10H17N3OS/c1-10(2,3)8-11-9(15-12-8)13-5-4-7(14)6-13/h7,14H,4-6H2,1-3H3. The van der Waals surface area contributed by atoms with Gasteiger partial charge in [0.15, 0.2) is 0 Å². The summed E-state index contributed by atoms with van der Waals surface area (Å²) in [5.74, 6) is 0.892. The van der Waals surface area contributed by atoms with Crippen LogP contribution in [-0.2, 0) is 5.41 Å². The lowest BCUT2D eigenvalue weighted by Gasteiger charge is -2.14. The van der Waals surface area contributed by atoms with E-state index in [9.17, 15) is 5.11 Å². The number of aliphatic hydroxyl groups is 1. The molecule has 1 N–H and O–H groups in total. The fraction of sp³-hybridized carbons (Fsp3) is 0.800. The van der Waals surface area contributed by atoms with Gasteiger partial charge in [0.25, 0.3) is 0 Å². The highest BCUT2D eigenvalue weighted by Crippen LogP contribution is 2.27. The summed E-state index contributed by atoms with van der Waals surface area (Å²) in [4.78, 5) is 6.63. The van der Waals surface area contributed by atoms with E-state index in [1.807, 2.05) is 0 Å². The molecule has 15 heavy (non-hydrogen) atoms. The van der Waals surface area contributed by atoms with Gasteiger partial charge in [-0.2, -0.15) is 4.37 Å². The second kappa shape index (κ2) is 3.72. The summed E-state index contributed by atoms with van der Waals surface area (Å²) in [7, 11) is 0. The van der Waals surface area contributed by atoms with Crippen molar-refractivity contribution in [2.24, 2.45) is 0 Å². The van der Waals surface area contributed by atoms with Crippen LogP contribution in [0.3, 0.4) is 0 Å². The van der Waals surface area contributed by atoms with Crippen molar-refractivity contribution >= 4 is 16.7 Å². The highest BCUT2D eigenvalue weighted by Gasteiger charge is 2.25. The van der Waals surface area contributed by atoms with E-state index >= 15 is 0 Å². The van der Waals surface area contributed by atoms with Crippen LogP contribution in [0, 0.1) is 0 Å². The minimum absolute atomic E-state index is 0.00703. The smallest absolute Gasteiger partial charge is 0.205 e. The maximum absolute atomic E-state index is 9.44. The van der Waals surface area contributed by atoms with Gasteiger partial charge in [-0.15, -0.1) is 0 Å². The Morgan fingerprint density at radius 1 is 1.47 bits per heavy atom. The molecule has 4 nitrogen and oxygen atoms in total. The highest BCUT2D eigenvalue weighted by molar-refractivity contribution is 7.09. The van der Waals surface area contributed by atoms with Gasteiger partial charge in [0, 0.05) is 30.0 Å². The Bertz CT molecular complexity index is 345. The van der Waals surface area contributed by atoms with Gasteiger partial charge in [-0.1, -0.05) is 20.8 Å². The van der Waals surface area contributed by atoms with Gasteiger partial charge < -0.3 is 10.0 Å². The van der Waals surface area contributed by atoms with E-state index in [4.69, 9.17) is 0 Å². The SMILES string of the molecule is CC(C)(C)c1nsc(N2CCC(O)C2)n1. The van der Waals surface area contributed by atoms with E-state index in [0.29, 0.717) is 6.54 Å². The summed E-state index contributed by atoms with van der Waals surface area (Å²) in [5.41, 5.74) is 0.00703. The van der Waals surface area contributed by atoms with Crippen molar-refractivity contribution in [3.8, 4) is 0 Å². The molecule has 0 spiro atoms. The van der Waals surface area contributed by atoms with E-state index < -0.39 is 0 Å². The van der Waals surface area contributed by atoms with Crippen LogP contribution in [0.15, 0.2) is 0 Å². The molecular weight excluding hydrogens is 210 g/mol. The molecule has 0 aliphatic carbocycles. The quantitative estimate of drug-likeness (QED) is 0.788. The third kappa shape index (κ3) is 2.29. The van der Waals surface area contributed by atoms with Crippen molar-refractivity contribution in [1.29, 1.82) is 0 Å². The summed E-state index contributed by atoms with van der Waals surface area (Å²) >= 11 is 1.43. The fourth-order valence-corrected chi connectivity index (χ4v) is 2.46. The topological polar surface area (TPSA) is 49.2 Å². The monoisotopic (exact) mass is 227 g/mol. The molecule has 0 radical (unpaired) electrons. The minimum Gasteiger partial charge on any atom is -0.391 e. The van der Waals surface area contributed by atoms with E-state index in [0.717, 1.165) is 23.9 Å². The molecule has 0 saturated carbocycles. The van der Waals surface area contributed by atoms with Gasteiger partial charge in [-0.25, -0.2) is 4.98 Å². The Kier molecular flexibility index (Phi) is 2.68. The zero-order valence-electron chi connectivity index (χ0n) is 9.40. The third-order valence-electron chi connectivity index (χ3n) is 2.52. The number of hydrogen-bond donors (Lipinski definition) is 1. The third-order valence-corrected chi connectivity index (χ3v) is 3.30. The summed E-state index contributed by atoms with van der Waals surface area (Å²) in [6.45, 7) is 7.91. The molecule has 1 atom stereocenters. The van der Waals surface area contributed by atoms with Crippen LogP contribution in [0.1, 0.15) is 33.0 Å². The van der Waals surface area contributed by atoms with E-state index in [1.54, 1.807) is 0 Å². The maximum Gasteiger partial charge on any atom is 0.205 e. The molecule has 1 saturated heterocycles. The molecule has 2 rings (SSSR count). The molecule has 1 unspecified atom stereocenters. The average Bonchev–Trinajstić information content (AvgIpc) is 2.69. The van der Waals surface area contributed by atoms with Crippen LogP contribution >= 0.6 is 11.5 Å². The van der Waals surface area contributed by atoms with E-state index in [2.05, 4.69) is 35.0 Å². The summed E-state index contributed by atoms with van der Waals surface area (Å²) < 4.78 is 4.36. The zero-order valence-corrected chi connectivity index (χ0v) is 10.2. The number of rotatable bonds is 1. The Morgan fingerprint density at radius 3 is 2.67 bits per heavy atom. The fourth-order valence-electron chi connectivity index (χ4n) is 1.56. The average molecular weight is 227 g/mol. The van der Waals surface area contributed by atoms with Crippen molar-refractivity contribution in [3.63, 3.8) is 0 Å². The zero-order chi connectivity index (χ0) is 11.1. The molecule has 1 aliphatic rings. The summed E-state index contributed by atoms with van der Waals surface area (Å²) in [6, 6.07) is 0. The predicted molar refractivity (Wildman–Crippen MR) is 61.4 cm³/mol. The van der Waals surface area contributed by atoms with Crippen LogP contribution in [0.2, 0.25) is 0 Å². The molecule has 2 heterocycles. The lowest BCUT2D eigenvalue weighted by molar-refractivity contribution is 0.198. The molecular formula is C10H17N3OS. The highest BCUT2D eigenvalue weighted by atomic mass is 32.1. The number of hydrogen-bond acceptors (Lipinski definition) is 5. The number of aliphatic hydroxyl groups excluding tert-OH is 1. The predicted octanol–water partition coefficient (Wildman–Crippen LogP) is 1.41. The number of β-amino-alcohol motifs (C(OH)–C–C–N with tert-alkyl or cyclic N) is 1. The van der Waals surface area contributed by atoms with Crippen LogP contribution in [-0.4, -0.2) is 33.7 Å². The van der Waals surface area contributed by atoms with Gasteiger partial charge in [0.05, 0.1) is 6.10 Å². The molecule has 1 fully saturated rings. The van der Waals surface area contributed by atoms with Gasteiger partial charge in [0.1, 0.15) is 5.82 Å². The van der Waals surface area contributed by atoms with Crippen LogP contribution in [0.4, 0.5) is 5.13 Å². The molecule has 1 aliphatic heterocycles. The van der Waals surface area contributed by atoms with E-state index in [1.165, 1.54) is 11.5 Å². The molecule has 5 heteroatoms. The lowest BCUT2D eigenvalue weighted by atomic mass is 9.96. The minimum atomic E-state index is -0.202. The number of nitrogens with zero attached hydrogens (tertiary/aromatic N) is 3. The van der Waals surface area contributed by atoms with Gasteiger partial charge in [0.2, 0.25) is 5.13 Å². The van der Waals surface area contributed by atoms with Crippen molar-refractivity contribution in [2.75, 3.05) is 18.0 Å². The summed E-state index contributed by atoms with van der Waals surface area (Å²) in [6.07, 6.45) is 0.636. The van der Waals surface area contributed by atoms with Crippen molar-refractivity contribution in [2.45, 2.75) is 38.7 Å². The molecule has 0 aromatic carbocycles. The first-order chi connectivity index (χ1) is 6.97. The molecule has 1 aromatic heterocycles. The number of aromatic nitrogens is 2. The Labute approximate surface area is 94.1 Å². The first-order valence-corrected chi connectivity index (χ1v) is 6.01. The van der Waals surface area contributed by atoms with Gasteiger partial charge in [-0.05, 0) is 6.42 Å². The lowest BCUT2D eigenvalue weighted by Crippen LogP contribution is -2.21. The van der Waals surface area contributed by atoms with Gasteiger partial charge >= 0.3 is 0 Å². The molecule has 0 bridgehead atoms. The second-order valence-corrected chi connectivity index (χ2v) is 5.77. The molecule has 84 valence electrons. The summed E-state index contributed by atoms with van der Waals surface area (Å²) in [5, 5.41) is 10.4. The van der Waals surface area contributed by atoms with E-state index in [-0.39, 0.29) is 11.5 Å². The Balaban J connectivity index is 2.14. The Hall–Kier alpha value is -0.680. The largest absolute Gasteiger partial charge is 0.391 e. The van der Waals surface area contributed by atoms with Crippen molar-refractivity contribution in [1.82, 2.24) is 9.36 Å². The molecule has 1 aromatic rings. The normalized spacial score (nSPS) is 22.4. The van der Waals surface area contributed by atoms with Crippen LogP contribution in [0.5, 0.6) is 0 Å².